The maximum atomic E-state index is 11.3. The third-order valence-electron chi connectivity index (χ3n) is 7.29. The summed E-state index contributed by atoms with van der Waals surface area (Å²) in [6, 6.07) is 15.3. The van der Waals surface area contributed by atoms with Gasteiger partial charge in [0.2, 0.25) is 0 Å². The zero-order chi connectivity index (χ0) is 24.0. The Hall–Kier alpha value is -2.69. The van der Waals surface area contributed by atoms with Gasteiger partial charge in [-0.1, -0.05) is 39.2 Å². The molecule has 2 aromatic carbocycles. The van der Waals surface area contributed by atoms with Crippen LogP contribution in [0.5, 0.6) is 5.75 Å². The summed E-state index contributed by atoms with van der Waals surface area (Å²) in [4.78, 5) is 13.9. The SMILES string of the molecule is CCOc1ccc(Nc2cc(C3(OC=O)CCC3)ccc2N(CC(C)C)C2CCCCC2)cc1. The number of carbonyl (C=O) groups is 1. The fraction of sp³-hybridized carbons (Fsp3) is 0.552. The highest BCUT2D eigenvalue weighted by atomic mass is 16.5. The normalized spacial score (nSPS) is 17.6. The fourth-order valence-corrected chi connectivity index (χ4v) is 5.42. The highest BCUT2D eigenvalue weighted by Gasteiger charge is 2.41. The maximum Gasteiger partial charge on any atom is 0.293 e. The lowest BCUT2D eigenvalue weighted by atomic mass is 9.74. The van der Waals surface area contributed by atoms with Gasteiger partial charge in [0.25, 0.3) is 6.47 Å². The molecule has 0 unspecified atom stereocenters. The Kier molecular flexibility index (Phi) is 8.02. The number of anilines is 3. The fourth-order valence-electron chi connectivity index (χ4n) is 5.42. The van der Waals surface area contributed by atoms with E-state index in [-0.39, 0.29) is 0 Å². The van der Waals surface area contributed by atoms with Crippen molar-refractivity contribution < 1.29 is 14.3 Å². The van der Waals surface area contributed by atoms with E-state index in [1.165, 1.54) is 37.8 Å². The number of ether oxygens (including phenoxy) is 2. The summed E-state index contributed by atoms with van der Waals surface area (Å²) in [6.45, 7) is 8.88. The number of rotatable bonds is 11. The van der Waals surface area contributed by atoms with Crippen LogP contribution < -0.4 is 15.0 Å². The molecule has 0 saturated heterocycles. The highest BCUT2D eigenvalue weighted by Crippen LogP contribution is 2.47. The van der Waals surface area contributed by atoms with Crippen LogP contribution in [-0.2, 0) is 15.1 Å². The van der Waals surface area contributed by atoms with Gasteiger partial charge in [0, 0.05) is 18.3 Å². The van der Waals surface area contributed by atoms with Gasteiger partial charge in [-0.3, -0.25) is 4.79 Å². The van der Waals surface area contributed by atoms with Crippen molar-refractivity contribution in [2.75, 3.05) is 23.4 Å². The quantitative estimate of drug-likeness (QED) is 0.357. The molecule has 0 amide bonds. The van der Waals surface area contributed by atoms with Gasteiger partial charge in [-0.15, -0.1) is 0 Å². The third-order valence-corrected chi connectivity index (χ3v) is 7.29. The van der Waals surface area contributed by atoms with Crippen LogP contribution in [0.2, 0.25) is 0 Å². The first-order valence-corrected chi connectivity index (χ1v) is 13.1. The second-order valence-electron chi connectivity index (χ2n) is 10.2. The zero-order valence-electron chi connectivity index (χ0n) is 21.0. The average molecular weight is 465 g/mol. The van der Waals surface area contributed by atoms with Crippen LogP contribution in [0, 0.1) is 5.92 Å². The minimum Gasteiger partial charge on any atom is -0.494 e. The van der Waals surface area contributed by atoms with Gasteiger partial charge in [0.1, 0.15) is 11.4 Å². The van der Waals surface area contributed by atoms with Crippen LogP contribution in [0.3, 0.4) is 0 Å². The lowest BCUT2D eigenvalue weighted by molar-refractivity contribution is -0.155. The van der Waals surface area contributed by atoms with E-state index in [1.54, 1.807) is 0 Å². The molecule has 2 aliphatic carbocycles. The van der Waals surface area contributed by atoms with E-state index in [2.05, 4.69) is 54.4 Å². The monoisotopic (exact) mass is 464 g/mol. The summed E-state index contributed by atoms with van der Waals surface area (Å²) in [6.07, 6.45) is 9.28. The van der Waals surface area contributed by atoms with Crippen molar-refractivity contribution in [3.05, 3.63) is 48.0 Å². The third kappa shape index (κ3) is 5.51. The van der Waals surface area contributed by atoms with Crippen molar-refractivity contribution in [3.8, 4) is 5.75 Å². The second-order valence-corrected chi connectivity index (χ2v) is 10.2. The lowest BCUT2D eigenvalue weighted by Gasteiger charge is -2.42. The van der Waals surface area contributed by atoms with Crippen molar-refractivity contribution in [2.24, 2.45) is 5.92 Å². The molecule has 0 atom stereocenters. The molecule has 0 spiro atoms. The molecule has 5 heteroatoms. The molecule has 0 bridgehead atoms. The first kappa shape index (κ1) is 24.4. The van der Waals surface area contributed by atoms with Crippen molar-refractivity contribution in [2.45, 2.75) is 83.8 Å². The summed E-state index contributed by atoms with van der Waals surface area (Å²) < 4.78 is 11.3. The number of carbonyl (C=O) groups excluding carboxylic acids is 1. The van der Waals surface area contributed by atoms with Gasteiger partial charge in [-0.05, 0) is 86.9 Å². The van der Waals surface area contributed by atoms with Crippen LogP contribution in [0.15, 0.2) is 42.5 Å². The second kappa shape index (κ2) is 11.2. The number of hydrogen-bond donors (Lipinski definition) is 1. The number of benzene rings is 2. The first-order valence-electron chi connectivity index (χ1n) is 13.1. The van der Waals surface area contributed by atoms with Crippen molar-refractivity contribution in [1.82, 2.24) is 0 Å². The van der Waals surface area contributed by atoms with Crippen LogP contribution in [0.25, 0.3) is 0 Å². The molecule has 5 nitrogen and oxygen atoms in total. The Bertz CT molecular complexity index is 931. The van der Waals surface area contributed by atoms with Gasteiger partial charge in [0.15, 0.2) is 0 Å². The summed E-state index contributed by atoms with van der Waals surface area (Å²) in [7, 11) is 0. The predicted molar refractivity (Wildman–Crippen MR) is 139 cm³/mol. The molecule has 34 heavy (non-hydrogen) atoms. The molecule has 0 aromatic heterocycles. The van der Waals surface area contributed by atoms with Gasteiger partial charge in [-0.2, -0.15) is 0 Å². The van der Waals surface area contributed by atoms with E-state index in [4.69, 9.17) is 9.47 Å². The number of nitrogens with zero attached hydrogens (tertiary/aromatic N) is 1. The van der Waals surface area contributed by atoms with E-state index >= 15 is 0 Å². The first-order chi connectivity index (χ1) is 16.5. The Morgan fingerprint density at radius 2 is 1.79 bits per heavy atom. The molecule has 2 saturated carbocycles. The van der Waals surface area contributed by atoms with Crippen molar-refractivity contribution in [1.29, 1.82) is 0 Å². The number of hydrogen-bond acceptors (Lipinski definition) is 5. The number of nitrogens with one attached hydrogen (secondary N) is 1. The largest absolute Gasteiger partial charge is 0.494 e. The summed E-state index contributed by atoms with van der Waals surface area (Å²) in [5.74, 6) is 1.44. The van der Waals surface area contributed by atoms with E-state index in [9.17, 15) is 4.79 Å². The Morgan fingerprint density at radius 3 is 2.38 bits per heavy atom. The minimum absolute atomic E-state index is 0.483. The van der Waals surface area contributed by atoms with Gasteiger partial charge in [0.05, 0.1) is 18.0 Å². The van der Waals surface area contributed by atoms with E-state index in [0.717, 1.165) is 48.5 Å². The molecule has 0 radical (unpaired) electrons. The van der Waals surface area contributed by atoms with Crippen LogP contribution in [-0.4, -0.2) is 25.7 Å². The molecular weight excluding hydrogens is 424 g/mol. The van der Waals surface area contributed by atoms with Crippen LogP contribution >= 0.6 is 0 Å². The van der Waals surface area contributed by atoms with E-state index in [0.29, 0.717) is 25.0 Å². The smallest absolute Gasteiger partial charge is 0.293 e. The standard InChI is InChI=1S/C29H40N2O3/c1-4-33-26-14-12-24(13-15-26)30-27-19-23(29(34-21-32)17-8-18-29)11-16-28(27)31(20-22(2)3)25-9-6-5-7-10-25/h11-16,19,21-22,25,30H,4-10,17-18,20H2,1-3H3. The molecule has 0 aliphatic heterocycles. The molecule has 2 aromatic rings. The minimum atomic E-state index is -0.483. The van der Waals surface area contributed by atoms with Gasteiger partial charge >= 0.3 is 0 Å². The lowest BCUT2D eigenvalue weighted by Crippen LogP contribution is -2.40. The average Bonchev–Trinajstić information content (AvgIpc) is 2.82. The van der Waals surface area contributed by atoms with Crippen LogP contribution in [0.4, 0.5) is 17.1 Å². The zero-order valence-corrected chi connectivity index (χ0v) is 21.0. The highest BCUT2D eigenvalue weighted by molar-refractivity contribution is 5.77. The van der Waals surface area contributed by atoms with E-state index in [1.807, 2.05) is 19.1 Å². The molecule has 1 N–H and O–H groups in total. The van der Waals surface area contributed by atoms with Gasteiger partial charge < -0.3 is 19.7 Å². The Balaban J connectivity index is 1.72. The van der Waals surface area contributed by atoms with Crippen LogP contribution in [0.1, 0.15) is 77.7 Å². The molecule has 4 rings (SSSR count). The molecule has 0 heterocycles. The molecular formula is C29H40N2O3. The van der Waals surface area contributed by atoms with Gasteiger partial charge in [-0.25, -0.2) is 0 Å². The molecule has 2 aliphatic rings. The van der Waals surface area contributed by atoms with E-state index < -0.39 is 5.60 Å². The Morgan fingerprint density at radius 1 is 1.06 bits per heavy atom. The van der Waals surface area contributed by atoms with Crippen molar-refractivity contribution in [3.63, 3.8) is 0 Å². The molecule has 184 valence electrons. The Labute approximate surface area is 204 Å². The summed E-state index contributed by atoms with van der Waals surface area (Å²) in [5.41, 5.74) is 3.93. The summed E-state index contributed by atoms with van der Waals surface area (Å²) in [5, 5.41) is 3.70. The summed E-state index contributed by atoms with van der Waals surface area (Å²) >= 11 is 0. The predicted octanol–water partition coefficient (Wildman–Crippen LogP) is 7.18. The molecule has 2 fully saturated rings. The maximum absolute atomic E-state index is 11.3. The van der Waals surface area contributed by atoms with Crippen molar-refractivity contribution >= 4 is 23.5 Å². The topological polar surface area (TPSA) is 50.8 Å².